The minimum absolute atomic E-state index is 0.0340. The van der Waals surface area contributed by atoms with Gasteiger partial charge in [0.15, 0.2) is 0 Å². The Balaban J connectivity index is 1.50. The summed E-state index contributed by atoms with van der Waals surface area (Å²) in [5, 5.41) is 0. The number of carbonyl (C=O) groups is 3. The molecule has 1 aliphatic heterocycles. The Morgan fingerprint density at radius 1 is 1.20 bits per heavy atom. The molecule has 0 unspecified atom stereocenters. The van der Waals surface area contributed by atoms with Crippen LogP contribution in [0.5, 0.6) is 0 Å². The van der Waals surface area contributed by atoms with Crippen LogP contribution < -0.4 is 0 Å². The number of carbonyl (C=O) groups excluding carboxylic acids is 3. The van der Waals surface area contributed by atoms with Crippen LogP contribution in [0.1, 0.15) is 37.7 Å². The summed E-state index contributed by atoms with van der Waals surface area (Å²) in [4.78, 5) is 37.7. The van der Waals surface area contributed by atoms with Crippen molar-refractivity contribution < 1.29 is 23.5 Å². The fraction of sp³-hybridized carbons (Fsp3) is 0.500. The van der Waals surface area contributed by atoms with Crippen LogP contribution in [0.15, 0.2) is 22.7 Å². The van der Waals surface area contributed by atoms with Crippen LogP contribution >= 0.6 is 15.9 Å². The van der Waals surface area contributed by atoms with Crippen LogP contribution in [-0.2, 0) is 25.7 Å². The molecule has 0 bridgehead atoms. The number of ether oxygens (including phenoxy) is 1. The Morgan fingerprint density at radius 3 is 2.44 bits per heavy atom. The molecule has 25 heavy (non-hydrogen) atoms. The highest BCUT2D eigenvalue weighted by Crippen LogP contribution is 2.37. The van der Waals surface area contributed by atoms with Gasteiger partial charge in [-0.1, -0.05) is 34.8 Å². The number of amides is 2. The fourth-order valence-electron chi connectivity index (χ4n) is 3.52. The van der Waals surface area contributed by atoms with E-state index in [1.54, 1.807) is 6.07 Å². The summed E-state index contributed by atoms with van der Waals surface area (Å²) >= 11 is 3.16. The summed E-state index contributed by atoms with van der Waals surface area (Å²) in [6, 6.07) is 4.49. The van der Waals surface area contributed by atoms with Gasteiger partial charge in [0.1, 0.15) is 12.4 Å². The number of halogens is 2. The van der Waals surface area contributed by atoms with Crippen LogP contribution in [0, 0.1) is 17.7 Å². The van der Waals surface area contributed by atoms with Gasteiger partial charge >= 0.3 is 5.97 Å². The predicted octanol–water partition coefficient (Wildman–Crippen LogP) is 3.20. The molecule has 1 aliphatic carbocycles. The number of nitrogens with zero attached hydrogens (tertiary/aromatic N) is 1. The summed E-state index contributed by atoms with van der Waals surface area (Å²) in [6.45, 7) is -0.141. The van der Waals surface area contributed by atoms with E-state index >= 15 is 0 Å². The van der Waals surface area contributed by atoms with Crippen LogP contribution in [0.4, 0.5) is 4.39 Å². The number of hydrogen-bond acceptors (Lipinski definition) is 4. The van der Waals surface area contributed by atoms with Gasteiger partial charge in [0.2, 0.25) is 11.8 Å². The first-order valence-corrected chi connectivity index (χ1v) is 9.21. The molecular formula is C18H19BrFNO4. The van der Waals surface area contributed by atoms with Crippen molar-refractivity contribution in [2.45, 2.75) is 38.7 Å². The van der Waals surface area contributed by atoms with E-state index in [4.69, 9.17) is 4.74 Å². The Hall–Kier alpha value is -1.76. The first kappa shape index (κ1) is 18.0. The highest BCUT2D eigenvalue weighted by atomic mass is 79.9. The Bertz CT molecular complexity index is 684. The quantitative estimate of drug-likeness (QED) is 0.551. The summed E-state index contributed by atoms with van der Waals surface area (Å²) in [5.74, 6) is -1.78. The van der Waals surface area contributed by atoms with Crippen molar-refractivity contribution in [2.75, 3.05) is 6.54 Å². The van der Waals surface area contributed by atoms with E-state index in [0.717, 1.165) is 25.7 Å². The van der Waals surface area contributed by atoms with E-state index in [9.17, 15) is 18.8 Å². The maximum absolute atomic E-state index is 13.7. The van der Waals surface area contributed by atoms with E-state index in [2.05, 4.69) is 15.9 Å². The van der Waals surface area contributed by atoms with E-state index in [1.807, 2.05) is 0 Å². The van der Waals surface area contributed by atoms with E-state index in [-0.39, 0.29) is 48.8 Å². The number of hydrogen-bond donors (Lipinski definition) is 0. The number of rotatable bonds is 5. The lowest BCUT2D eigenvalue weighted by molar-refractivity contribution is -0.146. The van der Waals surface area contributed by atoms with Gasteiger partial charge in [-0.3, -0.25) is 19.3 Å². The maximum atomic E-state index is 13.7. The SMILES string of the molecule is O=C(CCN1C(=O)[C@@H]2CCCC[C@H]2C1=O)OCc1ccc(Br)cc1F. The van der Waals surface area contributed by atoms with Crippen molar-refractivity contribution in [3.8, 4) is 0 Å². The molecule has 0 aromatic heterocycles. The molecule has 1 saturated heterocycles. The van der Waals surface area contributed by atoms with Gasteiger partial charge in [0.25, 0.3) is 0 Å². The Kier molecular flexibility index (Phi) is 5.51. The third-order valence-corrected chi connectivity index (χ3v) is 5.37. The normalized spacial score (nSPS) is 22.9. The van der Waals surface area contributed by atoms with Gasteiger partial charge < -0.3 is 4.74 Å². The molecule has 134 valence electrons. The standard InChI is InChI=1S/C18H19BrFNO4/c19-12-6-5-11(15(20)9-12)10-25-16(22)7-8-21-17(23)13-3-1-2-4-14(13)18(21)24/h5-6,9,13-14H,1-4,7-8,10H2/t13-,14-/m1/s1. The average Bonchev–Trinajstić information content (AvgIpc) is 2.84. The molecule has 2 atom stereocenters. The predicted molar refractivity (Wildman–Crippen MR) is 90.7 cm³/mol. The molecule has 0 spiro atoms. The van der Waals surface area contributed by atoms with Crippen LogP contribution in [-0.4, -0.2) is 29.2 Å². The van der Waals surface area contributed by atoms with Crippen molar-refractivity contribution in [3.05, 3.63) is 34.1 Å². The maximum Gasteiger partial charge on any atom is 0.307 e. The number of likely N-dealkylation sites (tertiary alicyclic amines) is 1. The first-order chi connectivity index (χ1) is 12.0. The average molecular weight is 412 g/mol. The van der Waals surface area contributed by atoms with Crippen molar-refractivity contribution in [2.24, 2.45) is 11.8 Å². The van der Waals surface area contributed by atoms with Gasteiger partial charge in [-0.15, -0.1) is 0 Å². The third-order valence-electron chi connectivity index (χ3n) is 4.88. The van der Waals surface area contributed by atoms with E-state index in [0.29, 0.717) is 4.47 Å². The lowest BCUT2D eigenvalue weighted by atomic mass is 9.81. The molecular weight excluding hydrogens is 393 g/mol. The number of fused-ring (bicyclic) bond motifs is 1. The summed E-state index contributed by atoms with van der Waals surface area (Å²) in [6.07, 6.45) is 3.36. The molecule has 7 heteroatoms. The van der Waals surface area contributed by atoms with Gasteiger partial charge in [-0.25, -0.2) is 4.39 Å². The number of esters is 1. The monoisotopic (exact) mass is 411 g/mol. The lowest BCUT2D eigenvalue weighted by Crippen LogP contribution is -2.33. The van der Waals surface area contributed by atoms with Gasteiger partial charge in [0.05, 0.1) is 18.3 Å². The van der Waals surface area contributed by atoms with Crippen molar-refractivity contribution >= 4 is 33.7 Å². The third kappa shape index (κ3) is 3.92. The molecule has 2 fully saturated rings. The molecule has 1 heterocycles. The zero-order valence-electron chi connectivity index (χ0n) is 13.7. The molecule has 0 radical (unpaired) electrons. The molecule has 1 saturated carbocycles. The molecule has 3 rings (SSSR count). The summed E-state index contributed by atoms with van der Waals surface area (Å²) in [7, 11) is 0. The Labute approximate surface area is 153 Å². The largest absolute Gasteiger partial charge is 0.461 e. The molecule has 2 aliphatic rings. The number of imide groups is 1. The highest BCUT2D eigenvalue weighted by Gasteiger charge is 2.47. The van der Waals surface area contributed by atoms with E-state index < -0.39 is 11.8 Å². The zero-order valence-corrected chi connectivity index (χ0v) is 15.3. The molecule has 2 amide bonds. The second-order valence-corrected chi connectivity index (χ2v) is 7.39. The van der Waals surface area contributed by atoms with Gasteiger partial charge in [-0.2, -0.15) is 0 Å². The van der Waals surface area contributed by atoms with Crippen LogP contribution in [0.25, 0.3) is 0 Å². The van der Waals surface area contributed by atoms with Crippen LogP contribution in [0.3, 0.4) is 0 Å². The van der Waals surface area contributed by atoms with Crippen LogP contribution in [0.2, 0.25) is 0 Å². The van der Waals surface area contributed by atoms with Gasteiger partial charge in [0, 0.05) is 16.6 Å². The zero-order chi connectivity index (χ0) is 18.0. The van der Waals surface area contributed by atoms with Crippen molar-refractivity contribution in [1.29, 1.82) is 0 Å². The highest BCUT2D eigenvalue weighted by molar-refractivity contribution is 9.10. The number of benzene rings is 1. The van der Waals surface area contributed by atoms with E-state index in [1.165, 1.54) is 17.0 Å². The molecule has 1 aromatic carbocycles. The minimum Gasteiger partial charge on any atom is -0.461 e. The smallest absolute Gasteiger partial charge is 0.307 e. The fourth-order valence-corrected chi connectivity index (χ4v) is 3.86. The topological polar surface area (TPSA) is 63.7 Å². The second-order valence-electron chi connectivity index (χ2n) is 6.47. The molecule has 0 N–H and O–H groups in total. The molecule has 1 aromatic rings. The Morgan fingerprint density at radius 2 is 1.84 bits per heavy atom. The van der Waals surface area contributed by atoms with Gasteiger partial charge in [-0.05, 0) is 25.0 Å². The lowest BCUT2D eigenvalue weighted by Gasteiger charge is -2.19. The summed E-state index contributed by atoms with van der Waals surface area (Å²) < 4.78 is 19.3. The first-order valence-electron chi connectivity index (χ1n) is 8.42. The second kappa shape index (κ2) is 7.64. The molecule has 5 nitrogen and oxygen atoms in total. The van der Waals surface area contributed by atoms with Crippen molar-refractivity contribution in [1.82, 2.24) is 4.90 Å². The summed E-state index contributed by atoms with van der Waals surface area (Å²) in [5.41, 5.74) is 0.274. The van der Waals surface area contributed by atoms with Crippen molar-refractivity contribution in [3.63, 3.8) is 0 Å². The minimum atomic E-state index is -0.558.